The lowest BCUT2D eigenvalue weighted by Gasteiger charge is -2.06. The monoisotopic (exact) mass is 277 g/mol. The molecule has 0 unspecified atom stereocenters. The molecule has 82 valence electrons. The first-order chi connectivity index (χ1) is 7.04. The van der Waals surface area contributed by atoms with E-state index in [9.17, 15) is 13.6 Å². The number of benzene rings is 1. The van der Waals surface area contributed by atoms with E-state index in [0.717, 1.165) is 12.1 Å². The van der Waals surface area contributed by atoms with Gasteiger partial charge in [-0.05, 0) is 28.4 Å². The molecule has 1 aromatic rings. The second kappa shape index (κ2) is 5.21. The predicted octanol–water partition coefficient (Wildman–Crippen LogP) is 3.47. The molecule has 0 spiro atoms. The Morgan fingerprint density at radius 2 is 2.07 bits per heavy atom. The number of amides is 1. The molecule has 0 saturated carbocycles. The van der Waals surface area contributed by atoms with Crippen molar-refractivity contribution in [1.82, 2.24) is 0 Å². The fourth-order valence-corrected chi connectivity index (χ4v) is 1.37. The summed E-state index contributed by atoms with van der Waals surface area (Å²) in [4.78, 5) is 11.1. The van der Waals surface area contributed by atoms with E-state index in [1.807, 2.05) is 6.92 Å². The van der Waals surface area contributed by atoms with Gasteiger partial charge in [-0.1, -0.05) is 6.92 Å². The highest BCUT2D eigenvalue weighted by molar-refractivity contribution is 9.10. The summed E-state index contributed by atoms with van der Waals surface area (Å²) in [5.74, 6) is -1.59. The second-order valence-corrected chi connectivity index (χ2v) is 3.90. The number of rotatable bonds is 3. The van der Waals surface area contributed by atoms with Crippen LogP contribution in [0.4, 0.5) is 14.5 Å². The van der Waals surface area contributed by atoms with Crippen molar-refractivity contribution in [2.24, 2.45) is 0 Å². The topological polar surface area (TPSA) is 29.1 Å². The molecule has 0 atom stereocenters. The molecular formula is C10H10BrF2NO. The van der Waals surface area contributed by atoms with Gasteiger partial charge in [-0.2, -0.15) is 0 Å². The van der Waals surface area contributed by atoms with Crippen LogP contribution in [0.1, 0.15) is 19.8 Å². The molecule has 0 fully saturated rings. The zero-order valence-electron chi connectivity index (χ0n) is 8.11. The van der Waals surface area contributed by atoms with Crippen LogP contribution < -0.4 is 5.32 Å². The number of nitrogens with one attached hydrogen (secondary N) is 1. The molecule has 5 heteroatoms. The van der Waals surface area contributed by atoms with Gasteiger partial charge in [-0.25, -0.2) is 8.78 Å². The second-order valence-electron chi connectivity index (χ2n) is 3.04. The average molecular weight is 278 g/mol. The van der Waals surface area contributed by atoms with Crippen molar-refractivity contribution in [1.29, 1.82) is 0 Å². The van der Waals surface area contributed by atoms with Crippen LogP contribution in [0.5, 0.6) is 0 Å². The molecule has 0 aromatic heterocycles. The van der Waals surface area contributed by atoms with Gasteiger partial charge in [0.1, 0.15) is 11.6 Å². The molecule has 2 nitrogen and oxygen atoms in total. The Morgan fingerprint density at radius 1 is 1.40 bits per heavy atom. The largest absolute Gasteiger partial charge is 0.324 e. The predicted molar refractivity (Wildman–Crippen MR) is 57.6 cm³/mol. The molecule has 0 aliphatic heterocycles. The third kappa shape index (κ3) is 3.27. The van der Waals surface area contributed by atoms with Gasteiger partial charge in [0.2, 0.25) is 5.91 Å². The van der Waals surface area contributed by atoms with Gasteiger partial charge in [-0.15, -0.1) is 0 Å². The van der Waals surface area contributed by atoms with E-state index in [-0.39, 0.29) is 22.5 Å². The number of carbonyl (C=O) groups excluding carboxylic acids is 1. The van der Waals surface area contributed by atoms with Gasteiger partial charge in [0, 0.05) is 12.5 Å². The minimum absolute atomic E-state index is 0.0356. The summed E-state index contributed by atoms with van der Waals surface area (Å²) in [7, 11) is 0. The number of carbonyl (C=O) groups is 1. The van der Waals surface area contributed by atoms with Crippen molar-refractivity contribution in [2.45, 2.75) is 19.8 Å². The number of hydrogen-bond donors (Lipinski definition) is 1. The van der Waals surface area contributed by atoms with E-state index in [1.165, 1.54) is 0 Å². The van der Waals surface area contributed by atoms with Gasteiger partial charge in [-0.3, -0.25) is 4.79 Å². The van der Waals surface area contributed by atoms with Crippen LogP contribution >= 0.6 is 15.9 Å². The summed E-state index contributed by atoms with van der Waals surface area (Å²) in [5.41, 5.74) is -0.130. The van der Waals surface area contributed by atoms with Gasteiger partial charge < -0.3 is 5.32 Å². The molecule has 1 N–H and O–H groups in total. The first kappa shape index (κ1) is 12.1. The molecule has 0 aliphatic carbocycles. The molecule has 1 rings (SSSR count). The fourth-order valence-electron chi connectivity index (χ4n) is 1.06. The Kier molecular flexibility index (Phi) is 4.20. The summed E-state index contributed by atoms with van der Waals surface area (Å²) in [6.45, 7) is 1.83. The molecule has 0 bridgehead atoms. The lowest BCUT2D eigenvalue weighted by Crippen LogP contribution is -2.12. The van der Waals surface area contributed by atoms with Crippen LogP contribution in [0.15, 0.2) is 16.6 Å². The Hall–Kier alpha value is -0.970. The van der Waals surface area contributed by atoms with Crippen molar-refractivity contribution in [3.63, 3.8) is 0 Å². The highest BCUT2D eigenvalue weighted by Crippen LogP contribution is 2.23. The summed E-state index contributed by atoms with van der Waals surface area (Å²) in [5, 5.41) is 2.30. The van der Waals surface area contributed by atoms with E-state index in [2.05, 4.69) is 21.2 Å². The molecule has 15 heavy (non-hydrogen) atoms. The number of anilines is 1. The van der Waals surface area contributed by atoms with Crippen LogP contribution in [-0.4, -0.2) is 5.91 Å². The van der Waals surface area contributed by atoms with E-state index in [1.54, 1.807) is 0 Å². The minimum atomic E-state index is -0.660. The van der Waals surface area contributed by atoms with Crippen LogP contribution in [0.2, 0.25) is 0 Å². The summed E-state index contributed by atoms with van der Waals surface area (Å²) in [6, 6.07) is 1.93. The Morgan fingerprint density at radius 3 is 2.67 bits per heavy atom. The quantitative estimate of drug-likeness (QED) is 0.843. The molecule has 0 saturated heterocycles. The Balaban J connectivity index is 2.86. The molecule has 1 amide bonds. The van der Waals surface area contributed by atoms with Gasteiger partial charge in [0.25, 0.3) is 0 Å². The van der Waals surface area contributed by atoms with Crippen molar-refractivity contribution in [3.8, 4) is 0 Å². The van der Waals surface area contributed by atoms with E-state index in [4.69, 9.17) is 0 Å². The maximum absolute atomic E-state index is 13.2. The van der Waals surface area contributed by atoms with Crippen molar-refractivity contribution in [3.05, 3.63) is 28.2 Å². The first-order valence-electron chi connectivity index (χ1n) is 4.49. The SMILES string of the molecule is CCCC(=O)Nc1cc(F)c(Br)cc1F. The fraction of sp³-hybridized carbons (Fsp3) is 0.300. The molecular weight excluding hydrogens is 268 g/mol. The van der Waals surface area contributed by atoms with Crippen LogP contribution in [0.25, 0.3) is 0 Å². The number of halogens is 3. The Bertz CT molecular complexity index is 382. The van der Waals surface area contributed by atoms with E-state index < -0.39 is 11.6 Å². The molecule has 0 radical (unpaired) electrons. The van der Waals surface area contributed by atoms with Crippen LogP contribution in [0, 0.1) is 11.6 Å². The highest BCUT2D eigenvalue weighted by Gasteiger charge is 2.10. The van der Waals surface area contributed by atoms with Gasteiger partial charge in [0.05, 0.1) is 10.2 Å². The van der Waals surface area contributed by atoms with Crippen molar-refractivity contribution in [2.75, 3.05) is 5.32 Å². The van der Waals surface area contributed by atoms with Gasteiger partial charge in [0.15, 0.2) is 0 Å². The highest BCUT2D eigenvalue weighted by atomic mass is 79.9. The molecule has 1 aromatic carbocycles. The molecule has 0 aliphatic rings. The van der Waals surface area contributed by atoms with Crippen molar-refractivity contribution < 1.29 is 13.6 Å². The summed E-state index contributed by atoms with van der Waals surface area (Å²) >= 11 is 2.85. The smallest absolute Gasteiger partial charge is 0.224 e. The lowest BCUT2D eigenvalue weighted by molar-refractivity contribution is -0.116. The van der Waals surface area contributed by atoms with E-state index in [0.29, 0.717) is 6.42 Å². The summed E-state index contributed by atoms with van der Waals surface area (Å²) < 4.78 is 26.3. The normalized spacial score (nSPS) is 10.1. The molecule has 0 heterocycles. The summed E-state index contributed by atoms with van der Waals surface area (Å²) in [6.07, 6.45) is 0.948. The lowest BCUT2D eigenvalue weighted by atomic mass is 10.2. The van der Waals surface area contributed by atoms with Gasteiger partial charge >= 0.3 is 0 Å². The first-order valence-corrected chi connectivity index (χ1v) is 5.28. The standard InChI is InChI=1S/C10H10BrF2NO/c1-2-3-10(15)14-9-5-7(12)6(11)4-8(9)13/h4-5H,2-3H2,1H3,(H,14,15). The van der Waals surface area contributed by atoms with Crippen LogP contribution in [0.3, 0.4) is 0 Å². The third-order valence-corrected chi connectivity index (χ3v) is 2.37. The van der Waals surface area contributed by atoms with Crippen molar-refractivity contribution >= 4 is 27.5 Å². The maximum Gasteiger partial charge on any atom is 0.224 e. The third-order valence-electron chi connectivity index (χ3n) is 1.76. The zero-order chi connectivity index (χ0) is 11.4. The zero-order valence-corrected chi connectivity index (χ0v) is 9.70. The number of hydrogen-bond acceptors (Lipinski definition) is 1. The van der Waals surface area contributed by atoms with E-state index >= 15 is 0 Å². The van der Waals surface area contributed by atoms with Crippen LogP contribution in [-0.2, 0) is 4.79 Å². The maximum atomic E-state index is 13.2. The Labute approximate surface area is 94.8 Å². The average Bonchev–Trinajstić information content (AvgIpc) is 2.14. The minimum Gasteiger partial charge on any atom is -0.324 e.